The quantitative estimate of drug-likeness (QED) is 0.836. The van der Waals surface area contributed by atoms with Gasteiger partial charge in [-0.3, -0.25) is 9.59 Å². The van der Waals surface area contributed by atoms with Gasteiger partial charge in [-0.2, -0.15) is 0 Å². The summed E-state index contributed by atoms with van der Waals surface area (Å²) in [5.74, 6) is -0.990. The number of aliphatic carboxylic acids is 1. The summed E-state index contributed by atoms with van der Waals surface area (Å²) >= 11 is 0. The van der Waals surface area contributed by atoms with Gasteiger partial charge in [0, 0.05) is 12.5 Å². The Morgan fingerprint density at radius 2 is 1.80 bits per heavy atom. The SMILES string of the molecule is O=C(O)C1CCC(C(=O)N2CCOC3CCCCC32)C1. The molecule has 2 saturated carbocycles. The van der Waals surface area contributed by atoms with Crippen LogP contribution < -0.4 is 0 Å². The Labute approximate surface area is 119 Å². The summed E-state index contributed by atoms with van der Waals surface area (Å²) in [6, 6.07) is 0.230. The van der Waals surface area contributed by atoms with Crippen molar-refractivity contribution in [2.45, 2.75) is 57.1 Å². The van der Waals surface area contributed by atoms with Crippen molar-refractivity contribution in [1.82, 2.24) is 4.90 Å². The van der Waals surface area contributed by atoms with Crippen LogP contribution in [-0.2, 0) is 14.3 Å². The Hall–Kier alpha value is -1.10. The normalized spacial score (nSPS) is 37.5. The maximum atomic E-state index is 12.7. The van der Waals surface area contributed by atoms with Crippen molar-refractivity contribution in [3.63, 3.8) is 0 Å². The second kappa shape index (κ2) is 5.72. The van der Waals surface area contributed by atoms with Gasteiger partial charge in [-0.1, -0.05) is 12.8 Å². The molecule has 5 nitrogen and oxygen atoms in total. The molecule has 5 heteroatoms. The van der Waals surface area contributed by atoms with E-state index in [-0.39, 0.29) is 29.9 Å². The Morgan fingerprint density at radius 3 is 2.55 bits per heavy atom. The van der Waals surface area contributed by atoms with Crippen LogP contribution in [-0.4, -0.2) is 47.2 Å². The minimum Gasteiger partial charge on any atom is -0.481 e. The van der Waals surface area contributed by atoms with Crippen LogP contribution in [0.25, 0.3) is 0 Å². The molecule has 1 N–H and O–H groups in total. The number of carboxylic acid groups (broad SMARTS) is 1. The lowest BCUT2D eigenvalue weighted by molar-refractivity contribution is -0.153. The highest BCUT2D eigenvalue weighted by Crippen LogP contribution is 2.35. The maximum Gasteiger partial charge on any atom is 0.306 e. The first-order chi connectivity index (χ1) is 9.66. The van der Waals surface area contributed by atoms with Crippen LogP contribution in [0.2, 0.25) is 0 Å². The Balaban J connectivity index is 1.65. The second-order valence-corrected chi connectivity index (χ2v) is 6.34. The smallest absolute Gasteiger partial charge is 0.306 e. The third-order valence-electron chi connectivity index (χ3n) is 5.15. The molecule has 20 heavy (non-hydrogen) atoms. The molecular formula is C15H23NO4. The Bertz CT molecular complexity index is 395. The Kier molecular flexibility index (Phi) is 3.96. The lowest BCUT2D eigenvalue weighted by atomic mass is 9.89. The molecule has 1 heterocycles. The van der Waals surface area contributed by atoms with Crippen LogP contribution >= 0.6 is 0 Å². The largest absolute Gasteiger partial charge is 0.481 e. The molecule has 1 amide bonds. The molecular weight excluding hydrogens is 258 g/mol. The van der Waals surface area contributed by atoms with Gasteiger partial charge in [0.1, 0.15) is 0 Å². The topological polar surface area (TPSA) is 66.8 Å². The standard InChI is InChI=1S/C15H23NO4/c17-14(10-5-6-11(9-10)15(18)19)16-7-8-20-13-4-2-1-3-12(13)16/h10-13H,1-9H2,(H,18,19). The van der Waals surface area contributed by atoms with Crippen molar-refractivity contribution < 1.29 is 19.4 Å². The summed E-state index contributed by atoms with van der Waals surface area (Å²) < 4.78 is 5.80. The molecule has 0 bridgehead atoms. The van der Waals surface area contributed by atoms with Crippen LogP contribution in [0, 0.1) is 11.8 Å². The summed E-state index contributed by atoms with van der Waals surface area (Å²) in [7, 11) is 0. The van der Waals surface area contributed by atoms with Crippen LogP contribution in [0.1, 0.15) is 44.9 Å². The van der Waals surface area contributed by atoms with Gasteiger partial charge in [0.25, 0.3) is 0 Å². The first-order valence-electron chi connectivity index (χ1n) is 7.81. The number of fused-ring (bicyclic) bond motifs is 1. The maximum absolute atomic E-state index is 12.7. The molecule has 0 spiro atoms. The van der Waals surface area contributed by atoms with E-state index in [1.807, 2.05) is 4.90 Å². The number of carboxylic acids is 1. The average Bonchev–Trinajstić information content (AvgIpc) is 2.96. The fraction of sp³-hybridized carbons (Fsp3) is 0.867. The average molecular weight is 281 g/mol. The van der Waals surface area contributed by atoms with Gasteiger partial charge in [0.2, 0.25) is 5.91 Å². The highest BCUT2D eigenvalue weighted by atomic mass is 16.5. The third kappa shape index (κ3) is 2.55. The fourth-order valence-electron chi connectivity index (χ4n) is 4.03. The number of hydrogen-bond acceptors (Lipinski definition) is 3. The van der Waals surface area contributed by atoms with Gasteiger partial charge in [-0.15, -0.1) is 0 Å². The van der Waals surface area contributed by atoms with Gasteiger partial charge in [0.05, 0.1) is 24.7 Å². The number of carbonyl (C=O) groups excluding carboxylic acids is 1. The second-order valence-electron chi connectivity index (χ2n) is 6.34. The van der Waals surface area contributed by atoms with E-state index in [1.165, 1.54) is 6.42 Å². The van der Waals surface area contributed by atoms with Gasteiger partial charge in [-0.05, 0) is 32.1 Å². The van der Waals surface area contributed by atoms with E-state index in [0.29, 0.717) is 26.0 Å². The molecule has 0 aromatic rings. The number of rotatable bonds is 2. The van der Waals surface area contributed by atoms with Crippen LogP contribution in [0.15, 0.2) is 0 Å². The van der Waals surface area contributed by atoms with Gasteiger partial charge in [-0.25, -0.2) is 0 Å². The van der Waals surface area contributed by atoms with Crippen molar-refractivity contribution in [1.29, 1.82) is 0 Å². The van der Waals surface area contributed by atoms with Crippen LogP contribution in [0.5, 0.6) is 0 Å². The van der Waals surface area contributed by atoms with Crippen LogP contribution in [0.3, 0.4) is 0 Å². The molecule has 2 aliphatic carbocycles. The Morgan fingerprint density at radius 1 is 1.05 bits per heavy atom. The zero-order valence-corrected chi connectivity index (χ0v) is 11.8. The van der Waals surface area contributed by atoms with E-state index < -0.39 is 5.97 Å². The zero-order chi connectivity index (χ0) is 14.1. The molecule has 0 aromatic carbocycles. The van der Waals surface area contributed by atoms with Crippen molar-refractivity contribution in [3.05, 3.63) is 0 Å². The van der Waals surface area contributed by atoms with E-state index in [0.717, 1.165) is 25.7 Å². The summed E-state index contributed by atoms with van der Waals surface area (Å²) in [5, 5.41) is 9.07. The number of carbonyl (C=O) groups is 2. The van der Waals surface area contributed by atoms with E-state index in [1.54, 1.807) is 0 Å². The number of ether oxygens (including phenoxy) is 1. The summed E-state index contributed by atoms with van der Waals surface area (Å²) in [5.41, 5.74) is 0. The molecule has 4 unspecified atom stereocenters. The van der Waals surface area contributed by atoms with Crippen molar-refractivity contribution in [3.8, 4) is 0 Å². The first-order valence-corrected chi connectivity index (χ1v) is 7.81. The predicted molar refractivity (Wildman–Crippen MR) is 72.2 cm³/mol. The number of morpholine rings is 1. The highest BCUT2D eigenvalue weighted by Gasteiger charge is 2.41. The molecule has 112 valence electrons. The number of hydrogen-bond donors (Lipinski definition) is 1. The molecule has 3 aliphatic rings. The lowest BCUT2D eigenvalue weighted by Crippen LogP contribution is -2.56. The summed E-state index contributed by atoms with van der Waals surface area (Å²) in [6.45, 7) is 1.30. The minimum atomic E-state index is -0.752. The fourth-order valence-corrected chi connectivity index (χ4v) is 4.03. The number of amides is 1. The van der Waals surface area contributed by atoms with E-state index in [2.05, 4.69) is 0 Å². The highest BCUT2D eigenvalue weighted by molar-refractivity contribution is 5.81. The van der Waals surface area contributed by atoms with E-state index >= 15 is 0 Å². The van der Waals surface area contributed by atoms with Crippen molar-refractivity contribution in [2.24, 2.45) is 11.8 Å². The molecule has 1 saturated heterocycles. The molecule has 0 aromatic heterocycles. The third-order valence-corrected chi connectivity index (χ3v) is 5.15. The van der Waals surface area contributed by atoms with E-state index in [4.69, 9.17) is 9.84 Å². The van der Waals surface area contributed by atoms with Crippen LogP contribution in [0.4, 0.5) is 0 Å². The molecule has 3 fully saturated rings. The lowest BCUT2D eigenvalue weighted by Gasteiger charge is -2.44. The van der Waals surface area contributed by atoms with Gasteiger partial charge < -0.3 is 14.7 Å². The van der Waals surface area contributed by atoms with Gasteiger partial charge in [0.15, 0.2) is 0 Å². The predicted octanol–water partition coefficient (Wildman–Crippen LogP) is 1.66. The monoisotopic (exact) mass is 281 g/mol. The van der Waals surface area contributed by atoms with Gasteiger partial charge >= 0.3 is 5.97 Å². The first kappa shape index (κ1) is 13.9. The summed E-state index contributed by atoms with van der Waals surface area (Å²) in [6.07, 6.45) is 6.53. The molecule has 4 atom stereocenters. The molecule has 0 radical (unpaired) electrons. The minimum absolute atomic E-state index is 0.0863. The summed E-state index contributed by atoms with van der Waals surface area (Å²) in [4.78, 5) is 25.7. The van der Waals surface area contributed by atoms with Crippen molar-refractivity contribution >= 4 is 11.9 Å². The molecule has 1 aliphatic heterocycles. The van der Waals surface area contributed by atoms with Crippen molar-refractivity contribution in [2.75, 3.05) is 13.2 Å². The van der Waals surface area contributed by atoms with E-state index in [9.17, 15) is 9.59 Å². The number of nitrogens with zero attached hydrogens (tertiary/aromatic N) is 1. The zero-order valence-electron chi connectivity index (χ0n) is 11.8. The molecule has 3 rings (SSSR count).